The molecule has 13 heteroatoms. The Labute approximate surface area is 389 Å². The minimum atomic E-state index is -0.264. The fraction of sp³-hybridized carbons (Fsp3) is 0.547. The average molecular weight is 900 g/mol. The predicted molar refractivity (Wildman–Crippen MR) is 259 cm³/mol. The number of piperidine rings is 4. The highest BCUT2D eigenvalue weighted by Gasteiger charge is 2.30. The molecule has 2 amide bonds. The van der Waals surface area contributed by atoms with Gasteiger partial charge in [0.25, 0.3) is 0 Å². The summed E-state index contributed by atoms with van der Waals surface area (Å²) < 4.78 is 5.88. The fourth-order valence-electron chi connectivity index (χ4n) is 10.6. The van der Waals surface area contributed by atoms with Crippen molar-refractivity contribution in [3.63, 3.8) is 0 Å². The summed E-state index contributed by atoms with van der Waals surface area (Å²) in [5.41, 5.74) is 6.17. The lowest BCUT2D eigenvalue weighted by Crippen LogP contribution is -2.48. The third-order valence-electron chi connectivity index (χ3n) is 14.9. The van der Waals surface area contributed by atoms with E-state index in [4.69, 9.17) is 4.74 Å². The summed E-state index contributed by atoms with van der Waals surface area (Å²) in [6.45, 7) is 14.2. The zero-order valence-corrected chi connectivity index (χ0v) is 39.4. The second-order valence-electron chi connectivity index (χ2n) is 19.2. The van der Waals surface area contributed by atoms with Crippen LogP contribution in [0, 0.1) is 0 Å². The molecule has 4 aromatic rings. The van der Waals surface area contributed by atoms with Crippen LogP contribution >= 0.6 is 0 Å². The third kappa shape index (κ3) is 11.6. The molecular formula is C53H69N7O6. The van der Waals surface area contributed by atoms with Crippen molar-refractivity contribution in [1.82, 2.24) is 34.6 Å². The van der Waals surface area contributed by atoms with Gasteiger partial charge in [-0.2, -0.15) is 0 Å². The largest absolute Gasteiger partial charge is 0.494 e. The van der Waals surface area contributed by atoms with Crippen LogP contribution in [0.5, 0.6) is 5.75 Å². The Balaban J connectivity index is 0.000000180. The van der Waals surface area contributed by atoms with Gasteiger partial charge in [0.05, 0.1) is 17.6 Å². The number of allylic oxidation sites excluding steroid dienone is 4. The zero-order valence-electron chi connectivity index (χ0n) is 39.4. The number of ketones is 2. The van der Waals surface area contributed by atoms with Crippen molar-refractivity contribution >= 4 is 45.4 Å². The number of carbonyl (C=O) groups excluding carboxylic acids is 4. The van der Waals surface area contributed by atoms with Crippen LogP contribution in [0.4, 0.5) is 0 Å². The lowest BCUT2D eigenvalue weighted by Gasteiger charge is -2.40. The Bertz CT molecular complexity index is 2490. The Morgan fingerprint density at radius 2 is 1.20 bits per heavy atom. The Morgan fingerprint density at radius 3 is 1.80 bits per heavy atom. The maximum absolute atomic E-state index is 12.8. The molecule has 1 aliphatic carbocycles. The topological polar surface area (TPSA) is 152 Å². The molecule has 0 unspecified atom stereocenters. The summed E-state index contributed by atoms with van der Waals surface area (Å²) in [4.78, 5) is 81.1. The minimum absolute atomic E-state index is 0.0201. The first-order chi connectivity index (χ1) is 32.0. The Morgan fingerprint density at radius 1 is 0.636 bits per heavy atom. The highest BCUT2D eigenvalue weighted by atomic mass is 16.5. The quantitative estimate of drug-likeness (QED) is 0.109. The molecule has 0 bridgehead atoms. The number of carbonyl (C=O) groups is 4. The molecule has 0 radical (unpaired) electrons. The second kappa shape index (κ2) is 21.9. The molecule has 2 N–H and O–H groups in total. The van der Waals surface area contributed by atoms with Crippen LogP contribution in [0.2, 0.25) is 0 Å². The number of H-pyrrole nitrogens is 2. The molecule has 0 atom stereocenters. The fourth-order valence-corrected chi connectivity index (χ4v) is 10.6. The van der Waals surface area contributed by atoms with Crippen LogP contribution in [-0.4, -0.2) is 129 Å². The van der Waals surface area contributed by atoms with Gasteiger partial charge in [-0.05, 0) is 147 Å². The third-order valence-corrected chi connectivity index (χ3v) is 14.9. The number of nitrogens with one attached hydrogen (secondary N) is 2. The number of rotatable bonds is 12. The van der Waals surface area contributed by atoms with Gasteiger partial charge >= 0.3 is 5.69 Å². The summed E-state index contributed by atoms with van der Waals surface area (Å²) in [7, 11) is 0. The maximum Gasteiger partial charge on any atom is 0.325 e. The van der Waals surface area contributed by atoms with Crippen LogP contribution in [-0.2, 0) is 32.0 Å². The highest BCUT2D eigenvalue weighted by Crippen LogP contribution is 2.28. The lowest BCUT2D eigenvalue weighted by molar-refractivity contribution is -0.133. The van der Waals surface area contributed by atoms with E-state index in [0.29, 0.717) is 77.8 Å². The van der Waals surface area contributed by atoms with Gasteiger partial charge in [0, 0.05) is 85.2 Å². The van der Waals surface area contributed by atoms with E-state index in [9.17, 15) is 24.0 Å². The van der Waals surface area contributed by atoms with Crippen molar-refractivity contribution in [2.45, 2.75) is 129 Å². The summed E-state index contributed by atoms with van der Waals surface area (Å²) in [5.74, 6) is 1.19. The first kappa shape index (κ1) is 47.1. The van der Waals surface area contributed by atoms with E-state index in [1.54, 1.807) is 20.8 Å². The molecular weight excluding hydrogens is 831 g/mol. The van der Waals surface area contributed by atoms with Crippen LogP contribution in [0.25, 0.3) is 22.1 Å². The van der Waals surface area contributed by atoms with E-state index in [1.165, 1.54) is 64.7 Å². The van der Waals surface area contributed by atoms with Gasteiger partial charge < -0.3 is 29.3 Å². The molecule has 4 fully saturated rings. The van der Waals surface area contributed by atoms with Crippen LogP contribution in [0.1, 0.15) is 115 Å². The van der Waals surface area contributed by atoms with Gasteiger partial charge in [-0.15, -0.1) is 0 Å². The van der Waals surface area contributed by atoms with Crippen molar-refractivity contribution < 1.29 is 23.9 Å². The number of Topliss-reactive ketones (excluding diaryl/α,β-unsaturated/α-hetero) is 2. The van der Waals surface area contributed by atoms with E-state index in [2.05, 4.69) is 24.8 Å². The SMILES string of the molecule is CC1=C(C)C(=O)C(Cc2ccc(CCC(=O)N3CCC(N4CCCCC4)CC3)cc2)=C(C)C1=O.O=C(CCCOc1ccc2nc3[nH]c(=O)[nH]c3cc2c1)N1CCC(N2CCCCC2)CC1. The molecule has 0 saturated carbocycles. The number of nitrogens with zero attached hydrogens (tertiary/aromatic N) is 5. The van der Waals surface area contributed by atoms with E-state index in [0.717, 1.165) is 86.1 Å². The number of imidazole rings is 1. The number of aryl methyl sites for hydroxylation is 1. The van der Waals surface area contributed by atoms with Crippen molar-refractivity contribution in [2.75, 3.05) is 59.0 Å². The number of benzene rings is 2. The second-order valence-corrected chi connectivity index (χ2v) is 19.2. The maximum atomic E-state index is 12.8. The van der Waals surface area contributed by atoms with Gasteiger partial charge in [0.15, 0.2) is 17.2 Å². The lowest BCUT2D eigenvalue weighted by atomic mass is 9.83. The summed E-state index contributed by atoms with van der Waals surface area (Å²) >= 11 is 0. The monoisotopic (exact) mass is 900 g/mol. The predicted octanol–water partition coefficient (Wildman–Crippen LogP) is 7.48. The molecule has 2 aromatic carbocycles. The standard InChI is InChI=1S/C29H38N2O3.C24H31N5O3/c1-20-21(2)29(34)26(22(3)28(20)33)19-24-9-7-23(8-10-24)11-12-27(32)31-17-13-25(14-18-31)30-15-5-4-6-16-30;30-22(29-12-8-18(9-13-29)28-10-2-1-3-11-28)5-4-14-32-19-6-7-20-17(15-19)16-21-23(25-20)27-24(31)26-21/h7-10,25H,4-6,11-19H2,1-3H3;6-7,15-16,18H,1-5,8-14H2,(H2,25,26,27,31). The summed E-state index contributed by atoms with van der Waals surface area (Å²) in [6.07, 6.45) is 15.4. The highest BCUT2D eigenvalue weighted by molar-refractivity contribution is 6.24. The number of ether oxygens (including phenoxy) is 1. The van der Waals surface area contributed by atoms with Crippen molar-refractivity contribution in [3.8, 4) is 5.75 Å². The number of aromatic amines is 2. The van der Waals surface area contributed by atoms with Crippen LogP contribution in [0.15, 0.2) is 75.6 Å². The zero-order chi connectivity index (χ0) is 46.2. The molecule has 4 saturated heterocycles. The number of aromatic nitrogens is 3. The summed E-state index contributed by atoms with van der Waals surface area (Å²) in [6, 6.07) is 17.0. The van der Waals surface area contributed by atoms with E-state index in [-0.39, 0.29) is 29.1 Å². The first-order valence-corrected chi connectivity index (χ1v) is 24.7. The molecule has 66 heavy (non-hydrogen) atoms. The van der Waals surface area contributed by atoms with Gasteiger partial charge in [-0.1, -0.05) is 37.1 Å². The molecule has 4 aliphatic heterocycles. The van der Waals surface area contributed by atoms with E-state index < -0.39 is 0 Å². The molecule has 5 aliphatic rings. The molecule has 9 rings (SSSR count). The number of pyridine rings is 1. The number of hydrogen-bond acceptors (Lipinski definition) is 9. The Kier molecular flexibility index (Phi) is 15.7. The van der Waals surface area contributed by atoms with Crippen molar-refractivity contribution in [2.24, 2.45) is 0 Å². The van der Waals surface area contributed by atoms with Gasteiger partial charge in [0.2, 0.25) is 11.8 Å². The van der Waals surface area contributed by atoms with Crippen LogP contribution in [0.3, 0.4) is 0 Å². The van der Waals surface area contributed by atoms with Gasteiger partial charge in [0.1, 0.15) is 5.75 Å². The number of hydrogen-bond donors (Lipinski definition) is 2. The number of likely N-dealkylation sites (tertiary alicyclic amines) is 4. The molecule has 6 heterocycles. The molecule has 13 nitrogen and oxygen atoms in total. The van der Waals surface area contributed by atoms with Crippen LogP contribution < -0.4 is 10.4 Å². The minimum Gasteiger partial charge on any atom is -0.494 e. The van der Waals surface area contributed by atoms with E-state index in [1.807, 2.05) is 58.3 Å². The van der Waals surface area contributed by atoms with Gasteiger partial charge in [-0.25, -0.2) is 9.78 Å². The Hall–Kier alpha value is -5.40. The normalized spacial score (nSPS) is 19.7. The molecule has 352 valence electrons. The number of amides is 2. The van der Waals surface area contributed by atoms with Gasteiger partial charge in [-0.3, -0.25) is 24.2 Å². The molecule has 0 spiro atoms. The van der Waals surface area contributed by atoms with E-state index >= 15 is 0 Å². The van der Waals surface area contributed by atoms with Crippen molar-refractivity contribution in [1.29, 1.82) is 0 Å². The number of fused-ring (bicyclic) bond motifs is 2. The average Bonchev–Trinajstić information content (AvgIpc) is 3.73. The summed E-state index contributed by atoms with van der Waals surface area (Å²) in [5, 5.41) is 0.901. The van der Waals surface area contributed by atoms with Crippen molar-refractivity contribution in [3.05, 3.63) is 92.4 Å². The molecule has 2 aromatic heterocycles. The first-order valence-electron chi connectivity index (χ1n) is 24.7. The smallest absolute Gasteiger partial charge is 0.325 e.